The highest BCUT2D eigenvalue weighted by atomic mass is 16.5. The number of allylic oxidation sites excluding steroid dienone is 1. The van der Waals surface area contributed by atoms with Crippen LogP contribution in [0, 0.1) is 5.92 Å². The van der Waals surface area contributed by atoms with Gasteiger partial charge in [-0.25, -0.2) is 0 Å². The predicted octanol–water partition coefficient (Wildman–Crippen LogP) is 5.53. The number of benzene rings is 1. The average Bonchev–Trinajstić information content (AvgIpc) is 3.02. The fourth-order valence-corrected chi connectivity index (χ4v) is 3.85. The van der Waals surface area contributed by atoms with E-state index in [1.54, 1.807) is 7.11 Å². The molecule has 2 atom stereocenters. The first-order valence-corrected chi connectivity index (χ1v) is 10.7. The van der Waals surface area contributed by atoms with Crippen molar-refractivity contribution < 1.29 is 9.53 Å². The molecule has 0 aromatic heterocycles. The van der Waals surface area contributed by atoms with Gasteiger partial charge in [-0.2, -0.15) is 0 Å². The summed E-state index contributed by atoms with van der Waals surface area (Å²) in [6, 6.07) is 8.91. The molecule has 3 nitrogen and oxygen atoms in total. The quantitative estimate of drug-likeness (QED) is 0.452. The van der Waals surface area contributed by atoms with Gasteiger partial charge in [-0.05, 0) is 42.7 Å². The maximum Gasteiger partial charge on any atom is 0.223 e. The molecule has 150 valence electrons. The van der Waals surface area contributed by atoms with Gasteiger partial charge in [0.05, 0.1) is 12.6 Å². The van der Waals surface area contributed by atoms with Crippen LogP contribution in [0.4, 0.5) is 0 Å². The van der Waals surface area contributed by atoms with Crippen molar-refractivity contribution in [3.8, 4) is 0 Å². The van der Waals surface area contributed by atoms with Crippen LogP contribution in [-0.2, 0) is 22.6 Å². The number of aryl methyl sites for hydroxylation is 1. The van der Waals surface area contributed by atoms with Crippen LogP contribution in [0.3, 0.4) is 0 Å². The van der Waals surface area contributed by atoms with Crippen LogP contribution in [0.2, 0.25) is 0 Å². The third-order valence-electron chi connectivity index (χ3n) is 5.55. The lowest BCUT2D eigenvalue weighted by Gasteiger charge is -2.24. The molecule has 0 N–H and O–H groups in total. The third kappa shape index (κ3) is 7.50. The molecule has 2 unspecified atom stereocenters. The van der Waals surface area contributed by atoms with E-state index in [9.17, 15) is 4.79 Å². The molecule has 1 heterocycles. The summed E-state index contributed by atoms with van der Waals surface area (Å²) in [5.41, 5.74) is 2.57. The van der Waals surface area contributed by atoms with E-state index in [-0.39, 0.29) is 0 Å². The van der Waals surface area contributed by atoms with Gasteiger partial charge in [-0.1, -0.05) is 69.5 Å². The van der Waals surface area contributed by atoms with E-state index in [2.05, 4.69) is 55.2 Å². The molecule has 1 amide bonds. The average molecular weight is 372 g/mol. The second kappa shape index (κ2) is 12.0. The Kier molecular flexibility index (Phi) is 9.61. The zero-order chi connectivity index (χ0) is 19.5. The van der Waals surface area contributed by atoms with E-state index >= 15 is 0 Å². The Morgan fingerprint density at radius 2 is 2.11 bits per heavy atom. The SMILES string of the molecule is CCCCC(C)CCN1C(=O)CCC1/C=C/CCc1cccc(COC)c1. The summed E-state index contributed by atoms with van der Waals surface area (Å²) < 4.78 is 5.21. The number of ether oxygens (including phenoxy) is 1. The molecule has 0 spiro atoms. The highest BCUT2D eigenvalue weighted by Crippen LogP contribution is 2.22. The van der Waals surface area contributed by atoms with Crippen molar-refractivity contribution in [1.29, 1.82) is 0 Å². The number of hydrogen-bond donors (Lipinski definition) is 0. The fourth-order valence-electron chi connectivity index (χ4n) is 3.85. The lowest BCUT2D eigenvalue weighted by molar-refractivity contribution is -0.128. The second-order valence-corrected chi connectivity index (χ2v) is 7.95. The Bertz CT molecular complexity index is 596. The van der Waals surface area contributed by atoms with Gasteiger partial charge < -0.3 is 9.64 Å². The summed E-state index contributed by atoms with van der Waals surface area (Å²) in [7, 11) is 1.73. The Morgan fingerprint density at radius 3 is 2.89 bits per heavy atom. The van der Waals surface area contributed by atoms with Gasteiger partial charge in [0.15, 0.2) is 0 Å². The lowest BCUT2D eigenvalue weighted by Crippen LogP contribution is -2.33. The molecule has 2 rings (SSSR count). The van der Waals surface area contributed by atoms with E-state index in [0.717, 1.165) is 32.2 Å². The molecule has 0 aliphatic carbocycles. The highest BCUT2D eigenvalue weighted by Gasteiger charge is 2.28. The first-order chi connectivity index (χ1) is 13.1. The Labute approximate surface area is 165 Å². The van der Waals surface area contributed by atoms with Crippen molar-refractivity contribution >= 4 is 5.91 Å². The number of likely N-dealkylation sites (tertiary alicyclic amines) is 1. The standard InChI is InChI=1S/C24H37NO2/c1-4-5-9-20(2)16-17-25-23(14-15-24(25)26)13-7-6-10-21-11-8-12-22(18-21)19-27-3/h7-8,11-13,18,20,23H,4-6,9-10,14-17,19H2,1-3H3/b13-7+. The lowest BCUT2D eigenvalue weighted by atomic mass is 10.0. The fraction of sp³-hybridized carbons (Fsp3) is 0.625. The minimum atomic E-state index is 0.302. The maximum absolute atomic E-state index is 12.2. The number of nitrogens with zero attached hydrogens (tertiary/aromatic N) is 1. The van der Waals surface area contributed by atoms with E-state index < -0.39 is 0 Å². The molecular formula is C24H37NO2. The number of carbonyl (C=O) groups excluding carboxylic acids is 1. The van der Waals surface area contributed by atoms with Gasteiger partial charge in [0, 0.05) is 20.1 Å². The molecule has 3 heteroatoms. The summed E-state index contributed by atoms with van der Waals surface area (Å²) >= 11 is 0. The number of unbranched alkanes of at least 4 members (excludes halogenated alkanes) is 1. The van der Waals surface area contributed by atoms with Gasteiger partial charge in [0.25, 0.3) is 0 Å². The number of amides is 1. The summed E-state index contributed by atoms with van der Waals surface area (Å²) in [4.78, 5) is 14.4. The summed E-state index contributed by atoms with van der Waals surface area (Å²) in [5, 5.41) is 0. The van der Waals surface area contributed by atoms with Gasteiger partial charge in [0.1, 0.15) is 0 Å². The molecule has 1 aliphatic rings. The normalized spacial score (nSPS) is 18.6. The van der Waals surface area contributed by atoms with Crippen molar-refractivity contribution in [3.05, 3.63) is 47.5 Å². The third-order valence-corrected chi connectivity index (χ3v) is 5.55. The Morgan fingerprint density at radius 1 is 1.30 bits per heavy atom. The summed E-state index contributed by atoms with van der Waals surface area (Å²) in [6.45, 7) is 6.14. The molecule has 0 bridgehead atoms. The van der Waals surface area contributed by atoms with Gasteiger partial charge in [-0.3, -0.25) is 4.79 Å². The van der Waals surface area contributed by atoms with E-state index in [1.165, 1.54) is 30.4 Å². The van der Waals surface area contributed by atoms with Crippen LogP contribution >= 0.6 is 0 Å². The molecular weight excluding hydrogens is 334 g/mol. The van der Waals surface area contributed by atoms with Crippen LogP contribution < -0.4 is 0 Å². The molecule has 1 aromatic rings. The van der Waals surface area contributed by atoms with Crippen molar-refractivity contribution in [3.63, 3.8) is 0 Å². The van der Waals surface area contributed by atoms with Crippen LogP contribution in [-0.4, -0.2) is 30.5 Å². The zero-order valence-corrected chi connectivity index (χ0v) is 17.5. The van der Waals surface area contributed by atoms with Crippen LogP contribution in [0.25, 0.3) is 0 Å². The van der Waals surface area contributed by atoms with Crippen molar-refractivity contribution in [2.75, 3.05) is 13.7 Å². The first kappa shape index (κ1) is 21.7. The Balaban J connectivity index is 1.78. The second-order valence-electron chi connectivity index (χ2n) is 7.95. The van der Waals surface area contributed by atoms with E-state index in [0.29, 0.717) is 30.9 Å². The number of rotatable bonds is 12. The topological polar surface area (TPSA) is 29.5 Å². The van der Waals surface area contributed by atoms with Crippen LogP contribution in [0.1, 0.15) is 69.9 Å². The van der Waals surface area contributed by atoms with Crippen LogP contribution in [0.5, 0.6) is 0 Å². The van der Waals surface area contributed by atoms with Gasteiger partial charge in [-0.15, -0.1) is 0 Å². The molecule has 0 radical (unpaired) electrons. The van der Waals surface area contributed by atoms with E-state index in [4.69, 9.17) is 4.74 Å². The Hall–Kier alpha value is -1.61. The molecule has 0 saturated carbocycles. The van der Waals surface area contributed by atoms with Crippen molar-refractivity contribution in [2.45, 2.75) is 77.9 Å². The maximum atomic E-state index is 12.2. The van der Waals surface area contributed by atoms with E-state index in [1.807, 2.05) is 0 Å². The number of hydrogen-bond acceptors (Lipinski definition) is 2. The van der Waals surface area contributed by atoms with Crippen molar-refractivity contribution in [1.82, 2.24) is 4.90 Å². The smallest absolute Gasteiger partial charge is 0.223 e. The van der Waals surface area contributed by atoms with Gasteiger partial charge >= 0.3 is 0 Å². The van der Waals surface area contributed by atoms with Crippen LogP contribution in [0.15, 0.2) is 36.4 Å². The first-order valence-electron chi connectivity index (χ1n) is 10.7. The zero-order valence-electron chi connectivity index (χ0n) is 17.5. The highest BCUT2D eigenvalue weighted by molar-refractivity contribution is 5.79. The number of methoxy groups -OCH3 is 1. The molecule has 27 heavy (non-hydrogen) atoms. The summed E-state index contributed by atoms with van der Waals surface area (Å²) in [5.74, 6) is 1.04. The van der Waals surface area contributed by atoms with Crippen molar-refractivity contribution in [2.24, 2.45) is 5.92 Å². The predicted molar refractivity (Wildman–Crippen MR) is 113 cm³/mol. The van der Waals surface area contributed by atoms with Gasteiger partial charge in [0.2, 0.25) is 5.91 Å². The summed E-state index contributed by atoms with van der Waals surface area (Å²) in [6.07, 6.45) is 13.2. The number of carbonyl (C=O) groups is 1. The minimum absolute atomic E-state index is 0.302. The molecule has 1 fully saturated rings. The molecule has 1 aromatic carbocycles. The largest absolute Gasteiger partial charge is 0.380 e. The molecule has 1 saturated heterocycles. The minimum Gasteiger partial charge on any atom is -0.380 e. The monoisotopic (exact) mass is 371 g/mol. The molecule has 1 aliphatic heterocycles.